The summed E-state index contributed by atoms with van der Waals surface area (Å²) in [6, 6.07) is 10.0. The zero-order valence-corrected chi connectivity index (χ0v) is 17.1. The summed E-state index contributed by atoms with van der Waals surface area (Å²) in [6.45, 7) is -0.799. The van der Waals surface area contributed by atoms with Crippen LogP contribution in [0.25, 0.3) is 5.69 Å². The number of amides is 2. The van der Waals surface area contributed by atoms with Crippen LogP contribution >= 0.6 is 11.6 Å². The van der Waals surface area contributed by atoms with Crippen LogP contribution in [0.2, 0.25) is 5.02 Å². The summed E-state index contributed by atoms with van der Waals surface area (Å²) in [7, 11) is 0. The molecular formula is C21H16ClF2N3O5. The van der Waals surface area contributed by atoms with Crippen molar-refractivity contribution in [2.75, 3.05) is 0 Å². The summed E-state index contributed by atoms with van der Waals surface area (Å²) in [4.78, 5) is 35.6. The van der Waals surface area contributed by atoms with Gasteiger partial charge < -0.3 is 20.9 Å². The number of benzene rings is 2. The maximum absolute atomic E-state index is 13.9. The van der Waals surface area contributed by atoms with E-state index in [-0.39, 0.29) is 39.9 Å². The molecule has 0 saturated carbocycles. The number of nitrogens with two attached hydrogens (primary N) is 2. The molecule has 0 spiro atoms. The Hall–Kier alpha value is -3.92. The van der Waals surface area contributed by atoms with Gasteiger partial charge in [0.15, 0.2) is 0 Å². The van der Waals surface area contributed by atoms with E-state index in [1.165, 1.54) is 36.4 Å². The molecule has 11 heteroatoms. The lowest BCUT2D eigenvalue weighted by Gasteiger charge is -2.17. The first-order valence-corrected chi connectivity index (χ1v) is 9.38. The van der Waals surface area contributed by atoms with Crippen LogP contribution in [-0.4, -0.2) is 16.6 Å². The highest BCUT2D eigenvalue weighted by Crippen LogP contribution is 2.26. The third-order valence-electron chi connectivity index (χ3n) is 4.34. The van der Waals surface area contributed by atoms with E-state index >= 15 is 0 Å². The molecule has 0 radical (unpaired) electrons. The van der Waals surface area contributed by atoms with Gasteiger partial charge in [0.1, 0.15) is 35.6 Å². The second-order valence-electron chi connectivity index (χ2n) is 6.50. The molecule has 2 aromatic carbocycles. The number of nitrogens with zero attached hydrogens (tertiary/aromatic N) is 1. The first-order chi connectivity index (χ1) is 15.2. The molecule has 3 aromatic rings. The number of hydrogen-bond donors (Lipinski definition) is 2. The third-order valence-corrected chi connectivity index (χ3v) is 4.69. The van der Waals surface area contributed by atoms with Crippen molar-refractivity contribution in [2.24, 2.45) is 11.5 Å². The molecule has 0 atom stereocenters. The third kappa shape index (κ3) is 5.03. The number of pyridine rings is 1. The van der Waals surface area contributed by atoms with Crippen molar-refractivity contribution >= 4 is 23.6 Å². The second-order valence-corrected chi connectivity index (χ2v) is 6.88. The van der Waals surface area contributed by atoms with Crippen molar-refractivity contribution in [1.82, 2.24) is 4.57 Å². The maximum Gasteiger partial charge on any atom is 0.404 e. The number of ether oxygens (including phenoxy) is 2. The van der Waals surface area contributed by atoms with Crippen LogP contribution in [0.4, 0.5) is 13.6 Å². The minimum absolute atomic E-state index is 0.0238. The van der Waals surface area contributed by atoms with Crippen molar-refractivity contribution < 1.29 is 27.8 Å². The summed E-state index contributed by atoms with van der Waals surface area (Å²) >= 11 is 6.18. The fourth-order valence-corrected chi connectivity index (χ4v) is 3.04. The Balaban J connectivity index is 2.05. The first-order valence-electron chi connectivity index (χ1n) is 9.01. The summed E-state index contributed by atoms with van der Waals surface area (Å²) < 4.78 is 38.3. The fourth-order valence-electron chi connectivity index (χ4n) is 2.85. The summed E-state index contributed by atoms with van der Waals surface area (Å²) in [6.07, 6.45) is -1.10. The molecule has 8 nitrogen and oxygen atoms in total. The minimum atomic E-state index is -1.10. The van der Waals surface area contributed by atoms with E-state index in [9.17, 15) is 23.2 Å². The number of rotatable bonds is 7. The average molecular weight is 464 g/mol. The molecule has 0 fully saturated rings. The standard InChI is InChI=1S/C21H16ClF2N3O5/c22-18-17(31-9-12-4-5-13(23)7-16(12)24)8-15(10-32-21(26)30)27(20(18)29)14-3-1-2-11(6-14)19(25)28/h1-8H,9-10H2,(H2,25,28)(H2,26,30). The maximum atomic E-state index is 13.9. The molecule has 1 heterocycles. The van der Waals surface area contributed by atoms with Crippen molar-refractivity contribution in [2.45, 2.75) is 13.2 Å². The minimum Gasteiger partial charge on any atom is -0.487 e. The van der Waals surface area contributed by atoms with E-state index in [2.05, 4.69) is 0 Å². The van der Waals surface area contributed by atoms with Gasteiger partial charge in [-0.05, 0) is 30.3 Å². The van der Waals surface area contributed by atoms with Gasteiger partial charge in [-0.25, -0.2) is 13.6 Å². The predicted molar refractivity (Wildman–Crippen MR) is 111 cm³/mol. The molecule has 3 rings (SSSR count). The molecule has 32 heavy (non-hydrogen) atoms. The van der Waals surface area contributed by atoms with Gasteiger partial charge in [-0.15, -0.1) is 0 Å². The molecule has 0 aliphatic rings. The number of primary amides is 2. The van der Waals surface area contributed by atoms with Gasteiger partial charge >= 0.3 is 6.09 Å². The largest absolute Gasteiger partial charge is 0.487 e. The lowest BCUT2D eigenvalue weighted by atomic mass is 10.1. The van der Waals surface area contributed by atoms with Gasteiger partial charge in [-0.1, -0.05) is 17.7 Å². The molecule has 0 aliphatic heterocycles. The highest BCUT2D eigenvalue weighted by Gasteiger charge is 2.18. The average Bonchev–Trinajstić information content (AvgIpc) is 2.74. The molecule has 166 valence electrons. The predicted octanol–water partition coefficient (Wildman–Crippen LogP) is 3.04. The molecule has 0 aliphatic carbocycles. The molecule has 1 aromatic heterocycles. The lowest BCUT2D eigenvalue weighted by Crippen LogP contribution is -2.25. The van der Waals surface area contributed by atoms with E-state index in [4.69, 9.17) is 32.5 Å². The van der Waals surface area contributed by atoms with E-state index in [0.29, 0.717) is 6.07 Å². The van der Waals surface area contributed by atoms with Crippen LogP contribution < -0.4 is 21.8 Å². The van der Waals surface area contributed by atoms with Gasteiger partial charge in [0.05, 0.1) is 5.69 Å². The van der Waals surface area contributed by atoms with E-state index in [1.807, 2.05) is 0 Å². The smallest absolute Gasteiger partial charge is 0.404 e. The lowest BCUT2D eigenvalue weighted by molar-refractivity contribution is 0.1000. The van der Waals surface area contributed by atoms with Gasteiger partial charge in [0.2, 0.25) is 5.91 Å². The molecule has 0 saturated heterocycles. The summed E-state index contributed by atoms with van der Waals surface area (Å²) in [5, 5.41) is -0.361. The monoisotopic (exact) mass is 463 g/mol. The molecule has 0 unspecified atom stereocenters. The Kier molecular flexibility index (Phi) is 6.74. The zero-order valence-electron chi connectivity index (χ0n) is 16.3. The van der Waals surface area contributed by atoms with Gasteiger partial charge in [-0.2, -0.15) is 0 Å². The van der Waals surface area contributed by atoms with Crippen LogP contribution in [-0.2, 0) is 18.0 Å². The van der Waals surface area contributed by atoms with Crippen LogP contribution in [0, 0.1) is 11.6 Å². The Morgan fingerprint density at radius 2 is 1.78 bits per heavy atom. The Morgan fingerprint density at radius 3 is 2.44 bits per heavy atom. The highest BCUT2D eigenvalue weighted by atomic mass is 35.5. The topological polar surface area (TPSA) is 127 Å². The van der Waals surface area contributed by atoms with E-state index in [0.717, 1.165) is 10.6 Å². The number of carbonyl (C=O) groups is 2. The van der Waals surface area contributed by atoms with Gasteiger partial charge in [0.25, 0.3) is 5.56 Å². The van der Waals surface area contributed by atoms with Gasteiger partial charge in [-0.3, -0.25) is 14.2 Å². The molecule has 0 bridgehead atoms. The van der Waals surface area contributed by atoms with Crippen molar-refractivity contribution in [3.8, 4) is 11.4 Å². The zero-order chi connectivity index (χ0) is 23.4. The van der Waals surface area contributed by atoms with Crippen LogP contribution in [0.3, 0.4) is 0 Å². The SMILES string of the molecule is NC(=O)OCc1cc(OCc2ccc(F)cc2F)c(Cl)c(=O)n1-c1cccc(C(N)=O)c1. The summed E-state index contributed by atoms with van der Waals surface area (Å²) in [5.41, 5.74) is 10.0. The molecular weight excluding hydrogens is 448 g/mol. The van der Waals surface area contributed by atoms with Crippen molar-refractivity contribution in [1.29, 1.82) is 0 Å². The quantitative estimate of drug-likeness (QED) is 0.556. The number of hydrogen-bond acceptors (Lipinski definition) is 5. The van der Waals surface area contributed by atoms with Crippen molar-refractivity contribution in [3.05, 3.63) is 92.4 Å². The molecule has 2 amide bonds. The number of aromatic nitrogens is 1. The number of halogens is 3. The summed E-state index contributed by atoms with van der Waals surface area (Å²) in [5.74, 6) is -2.45. The Bertz CT molecular complexity index is 1260. The Labute approximate surface area is 184 Å². The highest BCUT2D eigenvalue weighted by molar-refractivity contribution is 6.31. The first kappa shape index (κ1) is 22.8. The van der Waals surface area contributed by atoms with E-state index < -0.39 is 35.8 Å². The van der Waals surface area contributed by atoms with Crippen LogP contribution in [0.1, 0.15) is 21.6 Å². The van der Waals surface area contributed by atoms with Crippen LogP contribution in [0.15, 0.2) is 53.3 Å². The Morgan fingerprint density at radius 1 is 1.03 bits per heavy atom. The van der Waals surface area contributed by atoms with E-state index in [1.54, 1.807) is 0 Å². The second kappa shape index (κ2) is 9.48. The van der Waals surface area contributed by atoms with Gasteiger partial charge in [0, 0.05) is 28.9 Å². The number of carbonyl (C=O) groups excluding carboxylic acids is 2. The normalized spacial score (nSPS) is 10.6. The van der Waals surface area contributed by atoms with Crippen LogP contribution in [0.5, 0.6) is 5.75 Å². The van der Waals surface area contributed by atoms with Crippen molar-refractivity contribution in [3.63, 3.8) is 0 Å². The molecule has 4 N–H and O–H groups in total. The fraction of sp³-hybridized carbons (Fsp3) is 0.0952.